The molecule has 0 spiro atoms. The van der Waals surface area contributed by atoms with Crippen molar-refractivity contribution in [1.29, 1.82) is 5.26 Å². The average Bonchev–Trinajstić information content (AvgIpc) is 2.38. The van der Waals surface area contributed by atoms with Crippen molar-refractivity contribution in [3.05, 3.63) is 57.8 Å². The number of hydrogen-bond acceptors (Lipinski definition) is 3. The molecule has 0 atom stereocenters. The number of rotatable bonds is 3. The van der Waals surface area contributed by atoms with E-state index in [2.05, 4.69) is 15.9 Å². The zero-order valence-electron chi connectivity index (χ0n) is 9.86. The minimum absolute atomic E-state index is 0.323. The molecule has 2 aromatic rings. The fourth-order valence-corrected chi connectivity index (χ4v) is 2.04. The molecule has 0 fully saturated rings. The summed E-state index contributed by atoms with van der Waals surface area (Å²) >= 11 is 3.18. The maximum Gasteiger partial charge on any atom is 0.145 e. The lowest BCUT2D eigenvalue weighted by Crippen LogP contribution is -1.97. The molecular formula is C14H10BrFN2O. The predicted molar refractivity (Wildman–Crippen MR) is 73.2 cm³/mol. The van der Waals surface area contributed by atoms with E-state index in [1.54, 1.807) is 24.3 Å². The van der Waals surface area contributed by atoms with E-state index < -0.39 is 5.82 Å². The largest absolute Gasteiger partial charge is 0.456 e. The minimum atomic E-state index is -0.415. The molecule has 5 heteroatoms. The average molecular weight is 321 g/mol. The van der Waals surface area contributed by atoms with Crippen LogP contribution in [-0.2, 0) is 6.54 Å². The number of nitrogens with zero attached hydrogens (tertiary/aromatic N) is 1. The summed E-state index contributed by atoms with van der Waals surface area (Å²) in [5, 5.41) is 9.07. The topological polar surface area (TPSA) is 59.0 Å². The van der Waals surface area contributed by atoms with Crippen LogP contribution in [0.15, 0.2) is 40.9 Å². The zero-order valence-corrected chi connectivity index (χ0v) is 11.4. The van der Waals surface area contributed by atoms with Gasteiger partial charge < -0.3 is 10.5 Å². The van der Waals surface area contributed by atoms with Crippen LogP contribution in [0.1, 0.15) is 11.1 Å². The highest BCUT2D eigenvalue weighted by Crippen LogP contribution is 2.28. The van der Waals surface area contributed by atoms with Gasteiger partial charge in [0.1, 0.15) is 23.4 Å². The molecule has 0 aromatic heterocycles. The van der Waals surface area contributed by atoms with Crippen molar-refractivity contribution in [2.24, 2.45) is 5.73 Å². The Morgan fingerprint density at radius 2 is 2.05 bits per heavy atom. The smallest absolute Gasteiger partial charge is 0.145 e. The third-order valence-electron chi connectivity index (χ3n) is 2.46. The summed E-state index contributed by atoms with van der Waals surface area (Å²) in [4.78, 5) is 0. The molecule has 96 valence electrons. The van der Waals surface area contributed by atoms with Gasteiger partial charge in [0.05, 0.1) is 5.56 Å². The van der Waals surface area contributed by atoms with E-state index in [4.69, 9.17) is 15.7 Å². The Morgan fingerprint density at radius 3 is 2.68 bits per heavy atom. The lowest BCUT2D eigenvalue weighted by Gasteiger charge is -2.09. The lowest BCUT2D eigenvalue weighted by molar-refractivity contribution is 0.474. The minimum Gasteiger partial charge on any atom is -0.456 e. The van der Waals surface area contributed by atoms with E-state index in [9.17, 15) is 4.39 Å². The van der Waals surface area contributed by atoms with Crippen molar-refractivity contribution in [2.45, 2.75) is 6.54 Å². The van der Waals surface area contributed by atoms with Gasteiger partial charge in [-0.05, 0) is 29.8 Å². The molecule has 0 saturated heterocycles. The SMILES string of the molecule is N#Cc1cc(CN)ccc1Oc1cc(F)cc(Br)c1. The molecule has 0 aliphatic rings. The summed E-state index contributed by atoms with van der Waals surface area (Å²) in [5.41, 5.74) is 6.71. The molecule has 0 amide bonds. The Labute approximate surface area is 118 Å². The number of hydrogen-bond donors (Lipinski definition) is 1. The first-order valence-electron chi connectivity index (χ1n) is 5.49. The van der Waals surface area contributed by atoms with E-state index >= 15 is 0 Å². The van der Waals surface area contributed by atoms with E-state index in [1.807, 2.05) is 6.07 Å². The van der Waals surface area contributed by atoms with Gasteiger partial charge in [-0.15, -0.1) is 0 Å². The van der Waals surface area contributed by atoms with Gasteiger partial charge in [0.2, 0.25) is 0 Å². The first-order valence-corrected chi connectivity index (χ1v) is 6.28. The van der Waals surface area contributed by atoms with Gasteiger partial charge in [0.15, 0.2) is 0 Å². The van der Waals surface area contributed by atoms with Gasteiger partial charge >= 0.3 is 0 Å². The summed E-state index contributed by atoms with van der Waals surface area (Å²) in [6, 6.07) is 11.3. The molecular weight excluding hydrogens is 311 g/mol. The summed E-state index contributed by atoms with van der Waals surface area (Å²) in [6.07, 6.45) is 0. The van der Waals surface area contributed by atoms with Crippen LogP contribution in [0.25, 0.3) is 0 Å². The van der Waals surface area contributed by atoms with Crippen LogP contribution in [0.4, 0.5) is 4.39 Å². The standard InChI is InChI=1S/C14H10BrFN2O/c15-11-4-12(16)6-13(5-11)19-14-2-1-9(7-17)3-10(14)8-18/h1-6H,7,17H2. The fraction of sp³-hybridized carbons (Fsp3) is 0.0714. The van der Waals surface area contributed by atoms with Crippen LogP contribution in [-0.4, -0.2) is 0 Å². The fourth-order valence-electron chi connectivity index (χ4n) is 1.59. The normalized spacial score (nSPS) is 10.0. The summed E-state index contributed by atoms with van der Waals surface area (Å²) in [5.74, 6) is 0.280. The van der Waals surface area contributed by atoms with Gasteiger partial charge in [0, 0.05) is 17.1 Å². The van der Waals surface area contributed by atoms with Crippen molar-refractivity contribution in [2.75, 3.05) is 0 Å². The molecule has 0 unspecified atom stereocenters. The monoisotopic (exact) mass is 320 g/mol. The van der Waals surface area contributed by atoms with Crippen molar-refractivity contribution >= 4 is 15.9 Å². The van der Waals surface area contributed by atoms with E-state index in [1.165, 1.54) is 12.1 Å². The van der Waals surface area contributed by atoms with Crippen LogP contribution in [0, 0.1) is 17.1 Å². The van der Waals surface area contributed by atoms with Gasteiger partial charge in [-0.2, -0.15) is 5.26 Å². The number of halogens is 2. The Kier molecular flexibility index (Phi) is 4.15. The Morgan fingerprint density at radius 1 is 1.26 bits per heavy atom. The van der Waals surface area contributed by atoms with Crippen LogP contribution in [0.5, 0.6) is 11.5 Å². The predicted octanol–water partition coefficient (Wildman–Crippen LogP) is 3.71. The molecule has 19 heavy (non-hydrogen) atoms. The second-order valence-corrected chi connectivity index (χ2v) is 4.77. The van der Waals surface area contributed by atoms with E-state index in [0.29, 0.717) is 28.1 Å². The Hall–Kier alpha value is -1.90. The van der Waals surface area contributed by atoms with Gasteiger partial charge in [-0.25, -0.2) is 4.39 Å². The Balaban J connectivity index is 2.35. The molecule has 2 rings (SSSR count). The lowest BCUT2D eigenvalue weighted by atomic mass is 10.1. The third-order valence-corrected chi connectivity index (χ3v) is 2.92. The number of ether oxygens (including phenoxy) is 1. The summed E-state index contributed by atoms with van der Waals surface area (Å²) in [7, 11) is 0. The highest BCUT2D eigenvalue weighted by Gasteiger charge is 2.07. The molecule has 2 aromatic carbocycles. The van der Waals surface area contributed by atoms with Crippen molar-refractivity contribution < 1.29 is 9.13 Å². The van der Waals surface area contributed by atoms with Crippen LogP contribution in [0.3, 0.4) is 0 Å². The highest BCUT2D eigenvalue weighted by molar-refractivity contribution is 9.10. The number of benzene rings is 2. The van der Waals surface area contributed by atoms with Crippen LogP contribution < -0.4 is 10.5 Å². The van der Waals surface area contributed by atoms with Crippen molar-refractivity contribution in [1.82, 2.24) is 0 Å². The molecule has 0 saturated carbocycles. The first-order chi connectivity index (χ1) is 9.12. The second kappa shape index (κ2) is 5.83. The molecule has 0 heterocycles. The molecule has 0 bridgehead atoms. The second-order valence-electron chi connectivity index (χ2n) is 3.85. The van der Waals surface area contributed by atoms with E-state index in [-0.39, 0.29) is 0 Å². The molecule has 2 N–H and O–H groups in total. The van der Waals surface area contributed by atoms with Crippen molar-refractivity contribution in [3.8, 4) is 17.6 Å². The van der Waals surface area contributed by atoms with E-state index in [0.717, 1.165) is 5.56 Å². The van der Waals surface area contributed by atoms with Crippen molar-refractivity contribution in [3.63, 3.8) is 0 Å². The zero-order chi connectivity index (χ0) is 13.8. The Bertz CT molecular complexity index is 632. The number of nitriles is 1. The molecule has 0 radical (unpaired) electrons. The van der Waals surface area contributed by atoms with Crippen LogP contribution >= 0.6 is 15.9 Å². The van der Waals surface area contributed by atoms with Gasteiger partial charge in [-0.3, -0.25) is 0 Å². The molecule has 0 aliphatic carbocycles. The highest BCUT2D eigenvalue weighted by atomic mass is 79.9. The van der Waals surface area contributed by atoms with Gasteiger partial charge in [0.25, 0.3) is 0 Å². The summed E-state index contributed by atoms with van der Waals surface area (Å²) in [6.45, 7) is 0.348. The maximum atomic E-state index is 13.2. The quantitative estimate of drug-likeness (QED) is 0.937. The summed E-state index contributed by atoms with van der Waals surface area (Å²) < 4.78 is 19.3. The van der Waals surface area contributed by atoms with Gasteiger partial charge in [-0.1, -0.05) is 22.0 Å². The number of nitrogens with two attached hydrogens (primary N) is 1. The molecule has 0 aliphatic heterocycles. The van der Waals surface area contributed by atoms with Crippen LogP contribution in [0.2, 0.25) is 0 Å². The first kappa shape index (κ1) is 13.5. The molecule has 3 nitrogen and oxygen atoms in total. The third kappa shape index (κ3) is 3.31. The maximum absolute atomic E-state index is 13.2.